The fourth-order valence-electron chi connectivity index (χ4n) is 2.49. The van der Waals surface area contributed by atoms with Gasteiger partial charge >= 0.3 is 0 Å². The Kier molecular flexibility index (Phi) is 3.90. The third kappa shape index (κ3) is 2.72. The van der Waals surface area contributed by atoms with Gasteiger partial charge in [-0.2, -0.15) is 0 Å². The lowest BCUT2D eigenvalue weighted by Crippen LogP contribution is -2.24. The number of aryl methyl sites for hydroxylation is 1. The minimum absolute atomic E-state index is 0.0922. The van der Waals surface area contributed by atoms with Gasteiger partial charge in [0.2, 0.25) is 0 Å². The summed E-state index contributed by atoms with van der Waals surface area (Å²) in [5.74, 6) is -2.20. The molecule has 0 aliphatic heterocycles. The largest absolute Gasteiger partial charge is 0.268 e. The summed E-state index contributed by atoms with van der Waals surface area (Å²) in [4.78, 5) is 17.1. The van der Waals surface area contributed by atoms with Crippen LogP contribution in [0.3, 0.4) is 0 Å². The Morgan fingerprint density at radius 1 is 1.04 bits per heavy atom. The predicted octanol–water partition coefficient (Wildman–Crippen LogP) is 3.76. The first-order chi connectivity index (χ1) is 11.0. The van der Waals surface area contributed by atoms with Crippen molar-refractivity contribution in [3.63, 3.8) is 0 Å². The molecule has 0 spiro atoms. The molecule has 6 heteroatoms. The molecule has 0 saturated heterocycles. The molecule has 2 aromatic carbocycles. The van der Waals surface area contributed by atoms with Crippen molar-refractivity contribution < 1.29 is 13.2 Å². The second kappa shape index (κ2) is 5.87. The second-order valence-corrected chi connectivity index (χ2v) is 5.18. The average molecular weight is 318 g/mol. The van der Waals surface area contributed by atoms with Gasteiger partial charge in [-0.1, -0.05) is 6.92 Å². The van der Waals surface area contributed by atoms with Crippen LogP contribution < -0.4 is 5.56 Å². The van der Waals surface area contributed by atoms with E-state index in [4.69, 9.17) is 0 Å². The van der Waals surface area contributed by atoms with Crippen molar-refractivity contribution in [3.05, 3.63) is 70.0 Å². The van der Waals surface area contributed by atoms with E-state index < -0.39 is 23.0 Å². The van der Waals surface area contributed by atoms with E-state index >= 15 is 0 Å². The SMILES string of the molecule is CCCc1nc2ccc(F)cc2c(=O)n1-c1ccc(F)c(F)c1. The van der Waals surface area contributed by atoms with Gasteiger partial charge in [-0.05, 0) is 36.8 Å². The van der Waals surface area contributed by atoms with Crippen LogP contribution in [0.4, 0.5) is 13.2 Å². The molecule has 0 aliphatic carbocycles. The van der Waals surface area contributed by atoms with Gasteiger partial charge in [0.25, 0.3) is 5.56 Å². The van der Waals surface area contributed by atoms with Crippen molar-refractivity contribution in [1.29, 1.82) is 0 Å². The standard InChI is InChI=1S/C17H13F3N2O/c1-2-3-16-21-15-7-4-10(18)8-12(15)17(23)22(16)11-5-6-13(19)14(20)9-11/h4-9H,2-3H2,1H3. The van der Waals surface area contributed by atoms with Gasteiger partial charge in [0.1, 0.15) is 11.6 Å². The zero-order chi connectivity index (χ0) is 16.6. The topological polar surface area (TPSA) is 34.9 Å². The summed E-state index contributed by atoms with van der Waals surface area (Å²) < 4.78 is 41.3. The van der Waals surface area contributed by atoms with Gasteiger partial charge in [0.05, 0.1) is 16.6 Å². The van der Waals surface area contributed by atoms with Crippen molar-refractivity contribution in [2.75, 3.05) is 0 Å². The lowest BCUT2D eigenvalue weighted by molar-refractivity contribution is 0.507. The quantitative estimate of drug-likeness (QED) is 0.737. The lowest BCUT2D eigenvalue weighted by Gasteiger charge is -2.13. The molecule has 3 nitrogen and oxygen atoms in total. The van der Waals surface area contributed by atoms with Crippen molar-refractivity contribution >= 4 is 10.9 Å². The molecular formula is C17H13F3N2O. The third-order valence-electron chi connectivity index (χ3n) is 3.53. The molecule has 118 valence electrons. The van der Waals surface area contributed by atoms with Crippen LogP contribution in [0, 0.1) is 17.5 Å². The molecule has 3 rings (SSSR count). The van der Waals surface area contributed by atoms with Crippen LogP contribution >= 0.6 is 0 Å². The maximum Gasteiger partial charge on any atom is 0.266 e. The Balaban J connectivity index is 2.36. The third-order valence-corrected chi connectivity index (χ3v) is 3.53. The highest BCUT2D eigenvalue weighted by atomic mass is 19.2. The minimum Gasteiger partial charge on any atom is -0.268 e. The molecule has 23 heavy (non-hydrogen) atoms. The van der Waals surface area contributed by atoms with Crippen LogP contribution in [0.15, 0.2) is 41.2 Å². The molecule has 1 heterocycles. The van der Waals surface area contributed by atoms with E-state index in [2.05, 4.69) is 4.98 Å². The highest BCUT2D eigenvalue weighted by Crippen LogP contribution is 2.17. The molecule has 0 unspecified atom stereocenters. The number of rotatable bonds is 3. The summed E-state index contributed by atoms with van der Waals surface area (Å²) in [6.07, 6.45) is 1.18. The van der Waals surface area contributed by atoms with Crippen LogP contribution in [0.25, 0.3) is 16.6 Å². The zero-order valence-electron chi connectivity index (χ0n) is 12.3. The monoisotopic (exact) mass is 318 g/mol. The number of aromatic nitrogens is 2. The molecule has 1 aromatic heterocycles. The first kappa shape index (κ1) is 15.3. The Labute approximate surface area is 130 Å². The van der Waals surface area contributed by atoms with Crippen molar-refractivity contribution in [2.24, 2.45) is 0 Å². The molecule has 0 N–H and O–H groups in total. The minimum atomic E-state index is -1.06. The Hall–Kier alpha value is -2.63. The van der Waals surface area contributed by atoms with Crippen LogP contribution in [0.5, 0.6) is 0 Å². The molecule has 3 aromatic rings. The zero-order valence-corrected chi connectivity index (χ0v) is 12.3. The van der Waals surface area contributed by atoms with Crippen LogP contribution in [-0.2, 0) is 6.42 Å². The fourth-order valence-corrected chi connectivity index (χ4v) is 2.49. The average Bonchev–Trinajstić information content (AvgIpc) is 2.52. The molecule has 0 fully saturated rings. The number of fused-ring (bicyclic) bond motifs is 1. The number of hydrogen-bond acceptors (Lipinski definition) is 2. The summed E-state index contributed by atoms with van der Waals surface area (Å²) >= 11 is 0. The van der Waals surface area contributed by atoms with Crippen molar-refractivity contribution in [3.8, 4) is 5.69 Å². The summed E-state index contributed by atoms with van der Waals surface area (Å²) in [6, 6.07) is 6.93. The first-order valence-electron chi connectivity index (χ1n) is 7.18. The van der Waals surface area contributed by atoms with Crippen molar-refractivity contribution in [1.82, 2.24) is 9.55 Å². The lowest BCUT2D eigenvalue weighted by atomic mass is 10.2. The molecule has 0 aliphatic rings. The van der Waals surface area contributed by atoms with Crippen LogP contribution in [0.2, 0.25) is 0 Å². The summed E-state index contributed by atoms with van der Waals surface area (Å²) in [7, 11) is 0. The van der Waals surface area contributed by atoms with Crippen LogP contribution in [0.1, 0.15) is 19.2 Å². The second-order valence-electron chi connectivity index (χ2n) is 5.18. The molecule has 0 bridgehead atoms. The van der Waals surface area contributed by atoms with Gasteiger partial charge in [-0.25, -0.2) is 18.2 Å². The van der Waals surface area contributed by atoms with E-state index in [9.17, 15) is 18.0 Å². The highest BCUT2D eigenvalue weighted by molar-refractivity contribution is 5.78. The molecule has 0 radical (unpaired) electrons. The van der Waals surface area contributed by atoms with E-state index in [0.717, 1.165) is 18.2 Å². The first-order valence-corrected chi connectivity index (χ1v) is 7.18. The molecule has 0 saturated carbocycles. The molecular weight excluding hydrogens is 305 g/mol. The van der Waals surface area contributed by atoms with Gasteiger partial charge in [-0.3, -0.25) is 9.36 Å². The smallest absolute Gasteiger partial charge is 0.266 e. The number of hydrogen-bond donors (Lipinski definition) is 0. The predicted molar refractivity (Wildman–Crippen MR) is 81.2 cm³/mol. The van der Waals surface area contributed by atoms with Gasteiger partial charge in [0.15, 0.2) is 11.6 Å². The number of halogens is 3. The highest BCUT2D eigenvalue weighted by Gasteiger charge is 2.14. The molecule has 0 amide bonds. The van der Waals surface area contributed by atoms with Gasteiger partial charge in [0, 0.05) is 12.5 Å². The van der Waals surface area contributed by atoms with Crippen LogP contribution in [-0.4, -0.2) is 9.55 Å². The summed E-state index contributed by atoms with van der Waals surface area (Å²) in [5.41, 5.74) is 0.0265. The van der Waals surface area contributed by atoms with E-state index in [1.54, 1.807) is 0 Å². The molecule has 0 atom stereocenters. The Morgan fingerprint density at radius 2 is 1.83 bits per heavy atom. The maximum atomic E-state index is 13.5. The number of nitrogens with zero attached hydrogens (tertiary/aromatic N) is 2. The van der Waals surface area contributed by atoms with Crippen molar-refractivity contribution in [2.45, 2.75) is 19.8 Å². The van der Waals surface area contributed by atoms with Gasteiger partial charge in [-0.15, -0.1) is 0 Å². The maximum absolute atomic E-state index is 13.5. The van der Waals surface area contributed by atoms with Gasteiger partial charge < -0.3 is 0 Å². The summed E-state index contributed by atoms with van der Waals surface area (Å²) in [6.45, 7) is 1.91. The fraction of sp³-hybridized carbons (Fsp3) is 0.176. The van der Waals surface area contributed by atoms with E-state index in [1.165, 1.54) is 22.8 Å². The normalized spacial score (nSPS) is 11.1. The van der Waals surface area contributed by atoms with E-state index in [-0.39, 0.29) is 11.1 Å². The summed E-state index contributed by atoms with van der Waals surface area (Å²) in [5, 5.41) is 0.0922. The number of benzene rings is 2. The Morgan fingerprint density at radius 3 is 2.52 bits per heavy atom. The van der Waals surface area contributed by atoms with E-state index in [0.29, 0.717) is 24.2 Å². The Bertz CT molecular complexity index is 950. The van der Waals surface area contributed by atoms with E-state index in [1.807, 2.05) is 6.92 Å².